The Bertz CT molecular complexity index is 557. The second kappa shape index (κ2) is 5.46. The standard InChI is InChI=1S/C14H12ClF2N/c15-11-5-4-9(13(17)8-11)7-14(18)10-2-1-3-12(16)6-10/h1-6,8,14H,7,18H2. The first-order valence-electron chi connectivity index (χ1n) is 5.51. The first-order valence-corrected chi connectivity index (χ1v) is 5.89. The van der Waals surface area contributed by atoms with Crippen molar-refractivity contribution in [1.82, 2.24) is 0 Å². The van der Waals surface area contributed by atoms with E-state index in [0.29, 0.717) is 22.6 Å². The summed E-state index contributed by atoms with van der Waals surface area (Å²) in [4.78, 5) is 0. The number of rotatable bonds is 3. The minimum absolute atomic E-state index is 0.298. The second-order valence-corrected chi connectivity index (χ2v) is 4.54. The lowest BCUT2D eigenvalue weighted by Crippen LogP contribution is -2.14. The molecule has 0 saturated carbocycles. The van der Waals surface area contributed by atoms with E-state index in [9.17, 15) is 8.78 Å². The van der Waals surface area contributed by atoms with E-state index in [4.69, 9.17) is 17.3 Å². The van der Waals surface area contributed by atoms with Crippen molar-refractivity contribution in [3.8, 4) is 0 Å². The zero-order valence-electron chi connectivity index (χ0n) is 9.54. The van der Waals surface area contributed by atoms with Crippen LogP contribution in [0.3, 0.4) is 0 Å². The van der Waals surface area contributed by atoms with Crippen molar-refractivity contribution in [2.24, 2.45) is 5.73 Å². The lowest BCUT2D eigenvalue weighted by Gasteiger charge is -2.13. The van der Waals surface area contributed by atoms with Crippen molar-refractivity contribution in [3.63, 3.8) is 0 Å². The highest BCUT2D eigenvalue weighted by atomic mass is 35.5. The molecule has 2 rings (SSSR count). The van der Waals surface area contributed by atoms with Gasteiger partial charge >= 0.3 is 0 Å². The van der Waals surface area contributed by atoms with Crippen molar-refractivity contribution in [1.29, 1.82) is 0 Å². The Morgan fingerprint density at radius 1 is 1.11 bits per heavy atom. The Morgan fingerprint density at radius 3 is 2.56 bits per heavy atom. The SMILES string of the molecule is NC(Cc1ccc(Cl)cc1F)c1cccc(F)c1. The number of benzene rings is 2. The van der Waals surface area contributed by atoms with Crippen LogP contribution < -0.4 is 5.73 Å². The molecule has 94 valence electrons. The molecule has 4 heteroatoms. The van der Waals surface area contributed by atoms with Gasteiger partial charge in [-0.05, 0) is 41.8 Å². The molecule has 0 radical (unpaired) electrons. The van der Waals surface area contributed by atoms with E-state index in [1.807, 2.05) is 0 Å². The van der Waals surface area contributed by atoms with Crippen LogP contribution in [-0.4, -0.2) is 0 Å². The van der Waals surface area contributed by atoms with Crippen LogP contribution in [0.1, 0.15) is 17.2 Å². The van der Waals surface area contributed by atoms with Crippen LogP contribution in [0, 0.1) is 11.6 Å². The zero-order valence-corrected chi connectivity index (χ0v) is 10.3. The molecule has 2 aromatic carbocycles. The summed E-state index contributed by atoms with van der Waals surface area (Å²) in [7, 11) is 0. The fourth-order valence-electron chi connectivity index (χ4n) is 1.78. The van der Waals surface area contributed by atoms with Crippen molar-refractivity contribution < 1.29 is 8.78 Å². The fraction of sp³-hybridized carbons (Fsp3) is 0.143. The zero-order chi connectivity index (χ0) is 13.1. The van der Waals surface area contributed by atoms with Crippen LogP contribution in [0.2, 0.25) is 5.02 Å². The summed E-state index contributed by atoms with van der Waals surface area (Å²) in [5.74, 6) is -0.742. The van der Waals surface area contributed by atoms with Gasteiger partial charge in [-0.25, -0.2) is 8.78 Å². The summed E-state index contributed by atoms with van der Waals surface area (Å²) >= 11 is 5.67. The van der Waals surface area contributed by atoms with Crippen LogP contribution in [0.25, 0.3) is 0 Å². The van der Waals surface area contributed by atoms with Gasteiger partial charge in [0.25, 0.3) is 0 Å². The lowest BCUT2D eigenvalue weighted by molar-refractivity contribution is 0.589. The van der Waals surface area contributed by atoms with Crippen molar-refractivity contribution in [2.75, 3.05) is 0 Å². The summed E-state index contributed by atoms with van der Waals surface area (Å²) in [6, 6.07) is 10.0. The predicted molar refractivity (Wildman–Crippen MR) is 68.4 cm³/mol. The van der Waals surface area contributed by atoms with Gasteiger partial charge in [0.15, 0.2) is 0 Å². The molecule has 0 fully saturated rings. The van der Waals surface area contributed by atoms with E-state index in [-0.39, 0.29) is 5.82 Å². The molecule has 0 bridgehead atoms. The molecule has 0 amide bonds. The minimum atomic E-state index is -0.448. The van der Waals surface area contributed by atoms with Crippen molar-refractivity contribution >= 4 is 11.6 Å². The van der Waals surface area contributed by atoms with Crippen LogP contribution in [0.5, 0.6) is 0 Å². The highest BCUT2D eigenvalue weighted by Gasteiger charge is 2.11. The third-order valence-electron chi connectivity index (χ3n) is 2.73. The van der Waals surface area contributed by atoms with Gasteiger partial charge in [-0.1, -0.05) is 29.8 Å². The summed E-state index contributed by atoms with van der Waals surface area (Å²) in [5, 5.41) is 0.343. The molecule has 1 atom stereocenters. The Kier molecular flexibility index (Phi) is 3.94. The predicted octanol–water partition coefficient (Wildman–Crippen LogP) is 3.86. The number of hydrogen-bond donors (Lipinski definition) is 1. The molecule has 2 N–H and O–H groups in total. The average molecular weight is 268 g/mol. The highest BCUT2D eigenvalue weighted by Crippen LogP contribution is 2.21. The normalized spacial score (nSPS) is 12.4. The van der Waals surface area contributed by atoms with Crippen LogP contribution in [-0.2, 0) is 6.42 Å². The quantitative estimate of drug-likeness (QED) is 0.898. The fourth-order valence-corrected chi connectivity index (χ4v) is 1.94. The third kappa shape index (κ3) is 3.06. The molecule has 0 aliphatic rings. The van der Waals surface area contributed by atoms with E-state index < -0.39 is 11.9 Å². The van der Waals surface area contributed by atoms with E-state index in [0.717, 1.165) is 0 Å². The second-order valence-electron chi connectivity index (χ2n) is 4.10. The topological polar surface area (TPSA) is 26.0 Å². The molecule has 1 nitrogen and oxygen atoms in total. The van der Waals surface area contributed by atoms with E-state index in [1.165, 1.54) is 18.2 Å². The maximum atomic E-state index is 13.6. The van der Waals surface area contributed by atoms with Crippen molar-refractivity contribution in [3.05, 3.63) is 70.2 Å². The largest absolute Gasteiger partial charge is 0.324 e. The van der Waals surface area contributed by atoms with Crippen molar-refractivity contribution in [2.45, 2.75) is 12.5 Å². The Hall–Kier alpha value is -1.45. The molecule has 0 aromatic heterocycles. The van der Waals surface area contributed by atoms with Gasteiger partial charge in [-0.2, -0.15) is 0 Å². The smallest absolute Gasteiger partial charge is 0.127 e. The van der Waals surface area contributed by atoms with Gasteiger partial charge in [0.2, 0.25) is 0 Å². The molecule has 0 aliphatic heterocycles. The van der Waals surface area contributed by atoms with Gasteiger partial charge in [0, 0.05) is 11.1 Å². The van der Waals surface area contributed by atoms with Crippen LogP contribution in [0.4, 0.5) is 8.78 Å². The van der Waals surface area contributed by atoms with Crippen LogP contribution in [0.15, 0.2) is 42.5 Å². The Morgan fingerprint density at radius 2 is 1.89 bits per heavy atom. The summed E-state index contributed by atoms with van der Waals surface area (Å²) in [6.45, 7) is 0. The molecule has 0 saturated heterocycles. The van der Waals surface area contributed by atoms with Crippen LogP contribution >= 0.6 is 11.6 Å². The molecule has 18 heavy (non-hydrogen) atoms. The molecule has 2 aromatic rings. The highest BCUT2D eigenvalue weighted by molar-refractivity contribution is 6.30. The maximum absolute atomic E-state index is 13.6. The summed E-state index contributed by atoms with van der Waals surface area (Å²) in [6.07, 6.45) is 0.298. The molecule has 0 aliphatic carbocycles. The van der Waals surface area contributed by atoms with E-state index >= 15 is 0 Å². The molecule has 1 unspecified atom stereocenters. The molecular formula is C14H12ClF2N. The summed E-state index contributed by atoms with van der Waals surface area (Å²) < 4.78 is 26.6. The van der Waals surface area contributed by atoms with E-state index in [2.05, 4.69) is 0 Å². The molecule has 0 spiro atoms. The lowest BCUT2D eigenvalue weighted by atomic mass is 9.99. The van der Waals surface area contributed by atoms with Gasteiger partial charge in [-0.15, -0.1) is 0 Å². The monoisotopic (exact) mass is 267 g/mol. The van der Waals surface area contributed by atoms with Gasteiger partial charge in [0.1, 0.15) is 11.6 Å². The number of halogens is 3. The number of nitrogens with two attached hydrogens (primary N) is 1. The third-order valence-corrected chi connectivity index (χ3v) is 2.97. The first-order chi connectivity index (χ1) is 8.56. The number of hydrogen-bond acceptors (Lipinski definition) is 1. The van der Waals surface area contributed by atoms with Gasteiger partial charge in [-0.3, -0.25) is 0 Å². The van der Waals surface area contributed by atoms with Gasteiger partial charge < -0.3 is 5.73 Å². The van der Waals surface area contributed by atoms with E-state index in [1.54, 1.807) is 24.3 Å². The van der Waals surface area contributed by atoms with Gasteiger partial charge in [0.05, 0.1) is 0 Å². The Balaban J connectivity index is 2.18. The molecule has 0 heterocycles. The minimum Gasteiger partial charge on any atom is -0.324 e. The average Bonchev–Trinajstić information content (AvgIpc) is 2.32. The first kappa shape index (κ1) is 13.0. The summed E-state index contributed by atoms with van der Waals surface area (Å²) in [5.41, 5.74) is 7.05. The Labute approximate surface area is 109 Å². The maximum Gasteiger partial charge on any atom is 0.127 e. The molecular weight excluding hydrogens is 256 g/mol.